The Kier molecular flexibility index (Phi) is 5.63. The van der Waals surface area contributed by atoms with E-state index in [0.29, 0.717) is 16.1 Å². The average molecular weight is 403 g/mol. The molecule has 0 bridgehead atoms. The van der Waals surface area contributed by atoms with Gasteiger partial charge in [0, 0.05) is 16.8 Å². The van der Waals surface area contributed by atoms with E-state index < -0.39 is 5.97 Å². The van der Waals surface area contributed by atoms with E-state index in [9.17, 15) is 9.59 Å². The fourth-order valence-corrected chi connectivity index (χ4v) is 2.71. The number of hydrogen-bond acceptors (Lipinski definition) is 4. The summed E-state index contributed by atoms with van der Waals surface area (Å²) in [5.74, 6) is -0.207. The van der Waals surface area contributed by atoms with Gasteiger partial charge in [0.15, 0.2) is 12.4 Å². The molecule has 0 unspecified atom stereocenters. The van der Waals surface area contributed by atoms with Crippen molar-refractivity contribution in [3.05, 3.63) is 75.0 Å². The summed E-state index contributed by atoms with van der Waals surface area (Å²) in [6, 6.07) is 11.3. The second-order valence-electron chi connectivity index (χ2n) is 6.00. The largest absolute Gasteiger partial charge is 0.454 e. The third-order valence-electron chi connectivity index (χ3n) is 4.10. The van der Waals surface area contributed by atoms with Gasteiger partial charge in [0.25, 0.3) is 0 Å². The smallest absolute Gasteiger partial charge is 0.338 e. The molecule has 0 aliphatic carbocycles. The Morgan fingerprint density at radius 1 is 1.00 bits per heavy atom. The number of hydrogen-bond donors (Lipinski definition) is 1. The van der Waals surface area contributed by atoms with Crippen LogP contribution in [0.25, 0.3) is 11.4 Å². The molecule has 0 saturated heterocycles. The number of rotatable bonds is 5. The van der Waals surface area contributed by atoms with E-state index in [2.05, 4.69) is 9.97 Å². The van der Waals surface area contributed by atoms with Crippen molar-refractivity contribution >= 4 is 35.0 Å². The molecule has 0 amide bonds. The summed E-state index contributed by atoms with van der Waals surface area (Å²) in [4.78, 5) is 31.9. The van der Waals surface area contributed by atoms with Crippen LogP contribution in [0.2, 0.25) is 10.0 Å². The van der Waals surface area contributed by atoms with E-state index in [1.165, 1.54) is 18.2 Å². The molecule has 2 aromatic carbocycles. The van der Waals surface area contributed by atoms with Crippen molar-refractivity contribution in [1.29, 1.82) is 0 Å². The van der Waals surface area contributed by atoms with Gasteiger partial charge in [-0.25, -0.2) is 9.78 Å². The molecule has 0 spiro atoms. The van der Waals surface area contributed by atoms with Crippen LogP contribution in [-0.4, -0.2) is 28.3 Å². The molecule has 5 nitrogen and oxygen atoms in total. The standard InChI is InChI=1S/C20H16Cl2N2O3/c1-11-12(2)24-19(23-11)13-3-5-14(6-4-13)20(26)27-10-18(25)15-7-8-16(21)17(22)9-15/h3-9H,10H2,1-2H3,(H,23,24). The molecule has 0 saturated carbocycles. The molecule has 3 rings (SSSR count). The maximum atomic E-state index is 12.2. The molecule has 3 aromatic rings. The first kappa shape index (κ1) is 19.1. The zero-order valence-electron chi connectivity index (χ0n) is 14.7. The van der Waals surface area contributed by atoms with Crippen molar-refractivity contribution in [2.75, 3.05) is 6.61 Å². The van der Waals surface area contributed by atoms with Gasteiger partial charge in [-0.05, 0) is 44.2 Å². The van der Waals surface area contributed by atoms with Gasteiger partial charge < -0.3 is 9.72 Å². The van der Waals surface area contributed by atoms with Crippen LogP contribution in [0.4, 0.5) is 0 Å². The molecule has 0 aliphatic rings. The predicted molar refractivity (Wildman–Crippen MR) is 105 cm³/mol. The van der Waals surface area contributed by atoms with Crippen LogP contribution in [0, 0.1) is 13.8 Å². The van der Waals surface area contributed by atoms with E-state index in [1.807, 2.05) is 13.8 Å². The van der Waals surface area contributed by atoms with Gasteiger partial charge >= 0.3 is 5.97 Å². The van der Waals surface area contributed by atoms with Crippen molar-refractivity contribution < 1.29 is 14.3 Å². The molecule has 1 N–H and O–H groups in total. The number of nitrogens with one attached hydrogen (secondary N) is 1. The summed E-state index contributed by atoms with van der Waals surface area (Å²) in [7, 11) is 0. The maximum Gasteiger partial charge on any atom is 0.338 e. The zero-order chi connectivity index (χ0) is 19.6. The van der Waals surface area contributed by atoms with Crippen molar-refractivity contribution in [3.8, 4) is 11.4 Å². The maximum absolute atomic E-state index is 12.2. The minimum absolute atomic E-state index is 0.271. The Balaban J connectivity index is 1.64. The minimum Gasteiger partial charge on any atom is -0.454 e. The summed E-state index contributed by atoms with van der Waals surface area (Å²) in [6.07, 6.45) is 0. The van der Waals surface area contributed by atoms with Gasteiger partial charge in [-0.15, -0.1) is 0 Å². The van der Waals surface area contributed by atoms with Crippen LogP contribution in [0.5, 0.6) is 0 Å². The normalized spacial score (nSPS) is 10.7. The molecular weight excluding hydrogens is 387 g/mol. The topological polar surface area (TPSA) is 72.0 Å². The highest BCUT2D eigenvalue weighted by Gasteiger charge is 2.14. The number of nitrogens with zero attached hydrogens (tertiary/aromatic N) is 1. The van der Waals surface area contributed by atoms with Crippen molar-refractivity contribution in [1.82, 2.24) is 9.97 Å². The van der Waals surface area contributed by atoms with E-state index in [4.69, 9.17) is 27.9 Å². The first-order valence-electron chi connectivity index (χ1n) is 8.14. The first-order chi connectivity index (χ1) is 12.8. The van der Waals surface area contributed by atoms with Crippen molar-refractivity contribution in [2.45, 2.75) is 13.8 Å². The van der Waals surface area contributed by atoms with Gasteiger partial charge in [-0.3, -0.25) is 4.79 Å². The summed E-state index contributed by atoms with van der Waals surface area (Å²) in [5, 5.41) is 0.625. The molecule has 138 valence electrons. The Morgan fingerprint density at radius 3 is 2.26 bits per heavy atom. The molecule has 0 atom stereocenters. The second kappa shape index (κ2) is 7.94. The van der Waals surface area contributed by atoms with Gasteiger partial charge in [-0.1, -0.05) is 35.3 Å². The van der Waals surface area contributed by atoms with Crippen LogP contribution in [-0.2, 0) is 4.74 Å². The summed E-state index contributed by atoms with van der Waals surface area (Å²) >= 11 is 11.7. The van der Waals surface area contributed by atoms with E-state index in [0.717, 1.165) is 22.8 Å². The molecule has 1 aromatic heterocycles. The van der Waals surface area contributed by atoms with E-state index in [-0.39, 0.29) is 17.4 Å². The summed E-state index contributed by atoms with van der Waals surface area (Å²) in [5.41, 5.74) is 3.45. The fraction of sp³-hybridized carbons (Fsp3) is 0.150. The van der Waals surface area contributed by atoms with Gasteiger partial charge in [-0.2, -0.15) is 0 Å². The highest BCUT2D eigenvalue weighted by Crippen LogP contribution is 2.23. The number of halogens is 2. The van der Waals surface area contributed by atoms with Crippen LogP contribution in [0.1, 0.15) is 32.1 Å². The molecule has 0 fully saturated rings. The highest BCUT2D eigenvalue weighted by atomic mass is 35.5. The number of imidazole rings is 1. The number of carbonyl (C=O) groups is 2. The Bertz CT molecular complexity index is 991. The molecule has 1 heterocycles. The molecule has 0 radical (unpaired) electrons. The van der Waals surface area contributed by atoms with Crippen molar-refractivity contribution in [2.24, 2.45) is 0 Å². The number of aromatic nitrogens is 2. The predicted octanol–water partition coefficient (Wildman–Crippen LogP) is 5.04. The Labute approximate surface area is 166 Å². The summed E-state index contributed by atoms with van der Waals surface area (Å²) in [6.45, 7) is 3.49. The van der Waals surface area contributed by atoms with Crippen molar-refractivity contribution in [3.63, 3.8) is 0 Å². The summed E-state index contributed by atoms with van der Waals surface area (Å²) < 4.78 is 5.10. The van der Waals surface area contributed by atoms with Gasteiger partial charge in [0.1, 0.15) is 5.82 Å². The Hall–Kier alpha value is -2.63. The number of ether oxygens (including phenoxy) is 1. The van der Waals surface area contributed by atoms with E-state index >= 15 is 0 Å². The fourth-order valence-electron chi connectivity index (χ4n) is 2.42. The quantitative estimate of drug-likeness (QED) is 0.479. The third kappa shape index (κ3) is 4.38. The monoisotopic (exact) mass is 402 g/mol. The first-order valence-corrected chi connectivity index (χ1v) is 8.90. The highest BCUT2D eigenvalue weighted by molar-refractivity contribution is 6.42. The number of aromatic amines is 1. The molecular formula is C20H16Cl2N2O3. The van der Waals surface area contributed by atoms with Crippen LogP contribution >= 0.6 is 23.2 Å². The lowest BCUT2D eigenvalue weighted by atomic mass is 10.1. The lowest BCUT2D eigenvalue weighted by Gasteiger charge is -2.06. The number of aryl methyl sites for hydroxylation is 2. The molecule has 27 heavy (non-hydrogen) atoms. The number of H-pyrrole nitrogens is 1. The lowest BCUT2D eigenvalue weighted by molar-refractivity contribution is 0.0475. The third-order valence-corrected chi connectivity index (χ3v) is 4.84. The van der Waals surface area contributed by atoms with Crippen LogP contribution in [0.15, 0.2) is 42.5 Å². The molecule has 7 heteroatoms. The van der Waals surface area contributed by atoms with Crippen LogP contribution < -0.4 is 0 Å². The molecule has 0 aliphatic heterocycles. The lowest BCUT2D eigenvalue weighted by Crippen LogP contribution is -2.14. The number of Topliss-reactive ketones (excluding diaryl/α,β-unsaturated/α-hetero) is 1. The minimum atomic E-state index is -0.582. The number of benzene rings is 2. The van der Waals surface area contributed by atoms with Gasteiger partial charge in [0.05, 0.1) is 21.3 Å². The number of esters is 1. The SMILES string of the molecule is Cc1nc(-c2ccc(C(=O)OCC(=O)c3ccc(Cl)c(Cl)c3)cc2)[nH]c1C. The van der Waals surface area contributed by atoms with E-state index in [1.54, 1.807) is 24.3 Å². The van der Waals surface area contributed by atoms with Gasteiger partial charge in [0.2, 0.25) is 0 Å². The number of carbonyl (C=O) groups excluding carboxylic acids is 2. The zero-order valence-corrected chi connectivity index (χ0v) is 16.2. The van der Waals surface area contributed by atoms with Crippen LogP contribution in [0.3, 0.4) is 0 Å². The average Bonchev–Trinajstić information content (AvgIpc) is 3.00. The number of ketones is 1. The Morgan fingerprint density at radius 2 is 1.67 bits per heavy atom. The second-order valence-corrected chi connectivity index (χ2v) is 6.82.